The summed E-state index contributed by atoms with van der Waals surface area (Å²) in [6.07, 6.45) is -4.65. The molecule has 0 aliphatic carbocycles. The van der Waals surface area contributed by atoms with Crippen molar-refractivity contribution < 1.29 is 27.1 Å². The Hall–Kier alpha value is -2.53. The van der Waals surface area contributed by atoms with Gasteiger partial charge in [0, 0.05) is 45.7 Å². The standard InChI is InChI=1S/C20H24F5N5O/c1-19(21,22)12-29-6-8-30(9-7-29)18-10-17(27-13-28-18)26-11-16(31)14-4-2-3-5-15(14)20(23,24)25/h2-5,10,13,16,31H,6-9,11-12H2,1H3,(H,26,27,28). The first-order valence-corrected chi connectivity index (χ1v) is 9.78. The van der Waals surface area contributed by atoms with Gasteiger partial charge in [-0.3, -0.25) is 4.90 Å². The minimum absolute atomic E-state index is 0.178. The number of aromatic nitrogens is 2. The summed E-state index contributed by atoms with van der Waals surface area (Å²) in [5.74, 6) is -1.83. The number of hydrogen-bond donors (Lipinski definition) is 2. The van der Waals surface area contributed by atoms with Crippen molar-refractivity contribution in [3.63, 3.8) is 0 Å². The zero-order valence-electron chi connectivity index (χ0n) is 16.9. The Morgan fingerprint density at radius 3 is 2.39 bits per heavy atom. The van der Waals surface area contributed by atoms with Gasteiger partial charge in [-0.15, -0.1) is 0 Å². The van der Waals surface area contributed by atoms with Gasteiger partial charge in [-0.1, -0.05) is 18.2 Å². The van der Waals surface area contributed by atoms with Crippen molar-refractivity contribution in [1.82, 2.24) is 14.9 Å². The Morgan fingerprint density at radius 2 is 1.74 bits per heavy atom. The molecule has 2 heterocycles. The molecule has 11 heteroatoms. The topological polar surface area (TPSA) is 64.5 Å². The van der Waals surface area contributed by atoms with Crippen LogP contribution in [-0.2, 0) is 6.18 Å². The summed E-state index contributed by atoms with van der Waals surface area (Å²) in [6, 6.07) is 6.48. The Morgan fingerprint density at radius 1 is 1.06 bits per heavy atom. The van der Waals surface area contributed by atoms with Gasteiger partial charge in [0.05, 0.1) is 18.2 Å². The lowest BCUT2D eigenvalue weighted by atomic mass is 10.0. The third-order valence-corrected chi connectivity index (χ3v) is 4.95. The third kappa shape index (κ3) is 6.47. The number of alkyl halides is 5. The summed E-state index contributed by atoms with van der Waals surface area (Å²) in [5.41, 5.74) is -1.11. The lowest BCUT2D eigenvalue weighted by molar-refractivity contribution is -0.139. The number of aliphatic hydroxyl groups excluding tert-OH is 1. The van der Waals surface area contributed by atoms with Crippen LogP contribution in [0.4, 0.5) is 33.6 Å². The van der Waals surface area contributed by atoms with Crippen LogP contribution >= 0.6 is 0 Å². The Kier molecular flexibility index (Phi) is 6.95. The minimum Gasteiger partial charge on any atom is -0.387 e. The van der Waals surface area contributed by atoms with Crippen molar-refractivity contribution >= 4 is 11.6 Å². The molecular formula is C20H24F5N5O. The fourth-order valence-corrected chi connectivity index (χ4v) is 3.50. The fraction of sp³-hybridized carbons (Fsp3) is 0.500. The molecule has 1 saturated heterocycles. The summed E-state index contributed by atoms with van der Waals surface area (Å²) in [5, 5.41) is 13.1. The van der Waals surface area contributed by atoms with Crippen molar-refractivity contribution in [2.45, 2.75) is 25.1 Å². The highest BCUT2D eigenvalue weighted by atomic mass is 19.4. The van der Waals surface area contributed by atoms with Crippen LogP contribution in [0.25, 0.3) is 0 Å². The molecule has 0 radical (unpaired) electrons. The molecule has 1 unspecified atom stereocenters. The molecule has 170 valence electrons. The summed E-state index contributed by atoms with van der Waals surface area (Å²) >= 11 is 0. The molecule has 1 aliphatic rings. The molecule has 1 aliphatic heterocycles. The highest BCUT2D eigenvalue weighted by Crippen LogP contribution is 2.34. The second-order valence-corrected chi connectivity index (χ2v) is 7.58. The van der Waals surface area contributed by atoms with E-state index < -0.39 is 23.8 Å². The van der Waals surface area contributed by atoms with Crippen LogP contribution in [-0.4, -0.2) is 65.2 Å². The molecule has 0 bridgehead atoms. The summed E-state index contributed by atoms with van der Waals surface area (Å²) in [6.45, 7) is 2.36. The van der Waals surface area contributed by atoms with Crippen LogP contribution in [0, 0.1) is 0 Å². The van der Waals surface area contributed by atoms with E-state index in [1.165, 1.54) is 24.5 Å². The SMILES string of the molecule is CC(F)(F)CN1CCN(c2cc(NCC(O)c3ccccc3C(F)(F)F)ncn2)CC1. The summed E-state index contributed by atoms with van der Waals surface area (Å²) in [7, 11) is 0. The first-order chi connectivity index (χ1) is 14.5. The largest absolute Gasteiger partial charge is 0.416 e. The highest BCUT2D eigenvalue weighted by molar-refractivity contribution is 5.49. The lowest BCUT2D eigenvalue weighted by Gasteiger charge is -2.36. The lowest BCUT2D eigenvalue weighted by Crippen LogP contribution is -2.49. The second-order valence-electron chi connectivity index (χ2n) is 7.58. The van der Waals surface area contributed by atoms with Crippen molar-refractivity contribution in [1.29, 1.82) is 0 Å². The average Bonchev–Trinajstić information content (AvgIpc) is 2.71. The van der Waals surface area contributed by atoms with E-state index in [-0.39, 0.29) is 18.7 Å². The minimum atomic E-state index is -4.57. The van der Waals surface area contributed by atoms with E-state index in [1.54, 1.807) is 11.0 Å². The van der Waals surface area contributed by atoms with Crippen LogP contribution in [0.2, 0.25) is 0 Å². The molecule has 0 saturated carbocycles. The molecular weight excluding hydrogens is 421 g/mol. The number of benzene rings is 1. The van der Waals surface area contributed by atoms with Crippen LogP contribution < -0.4 is 10.2 Å². The quantitative estimate of drug-likeness (QED) is 0.637. The number of anilines is 2. The Balaban J connectivity index is 1.60. The second kappa shape index (κ2) is 9.31. The van der Waals surface area contributed by atoms with Gasteiger partial charge in [-0.2, -0.15) is 13.2 Å². The zero-order chi connectivity index (χ0) is 22.6. The predicted molar refractivity (Wildman–Crippen MR) is 106 cm³/mol. The molecule has 3 rings (SSSR count). The monoisotopic (exact) mass is 445 g/mol. The van der Waals surface area contributed by atoms with E-state index >= 15 is 0 Å². The Labute approximate surface area is 176 Å². The first kappa shape index (κ1) is 23.1. The number of hydrogen-bond acceptors (Lipinski definition) is 6. The van der Waals surface area contributed by atoms with Gasteiger partial charge < -0.3 is 15.3 Å². The van der Waals surface area contributed by atoms with E-state index in [2.05, 4.69) is 15.3 Å². The smallest absolute Gasteiger partial charge is 0.387 e. The van der Waals surface area contributed by atoms with E-state index in [4.69, 9.17) is 0 Å². The van der Waals surface area contributed by atoms with Gasteiger partial charge in [0.2, 0.25) is 0 Å². The maximum Gasteiger partial charge on any atom is 0.416 e. The molecule has 1 aromatic carbocycles. The molecule has 2 aromatic rings. The molecule has 6 nitrogen and oxygen atoms in total. The van der Waals surface area contributed by atoms with Crippen LogP contribution in [0.5, 0.6) is 0 Å². The number of nitrogens with one attached hydrogen (secondary N) is 1. The van der Waals surface area contributed by atoms with Gasteiger partial charge >= 0.3 is 6.18 Å². The molecule has 0 amide bonds. The fourth-order valence-electron chi connectivity index (χ4n) is 3.50. The van der Waals surface area contributed by atoms with Crippen LogP contribution in [0.1, 0.15) is 24.2 Å². The molecule has 1 fully saturated rings. The van der Waals surface area contributed by atoms with Crippen molar-refractivity contribution in [3.8, 4) is 0 Å². The van der Waals surface area contributed by atoms with Gasteiger partial charge in [0.15, 0.2) is 0 Å². The van der Waals surface area contributed by atoms with Crippen molar-refractivity contribution in [2.75, 3.05) is 49.5 Å². The number of nitrogens with zero attached hydrogens (tertiary/aromatic N) is 4. The number of halogens is 5. The summed E-state index contributed by atoms with van der Waals surface area (Å²) in [4.78, 5) is 11.8. The molecule has 1 atom stereocenters. The normalized spacial score (nSPS) is 16.9. The van der Waals surface area contributed by atoms with Crippen molar-refractivity contribution in [2.24, 2.45) is 0 Å². The van der Waals surface area contributed by atoms with E-state index in [0.717, 1.165) is 13.0 Å². The molecule has 1 aromatic heterocycles. The van der Waals surface area contributed by atoms with Gasteiger partial charge in [-0.05, 0) is 11.6 Å². The average molecular weight is 445 g/mol. The third-order valence-electron chi connectivity index (χ3n) is 4.95. The maximum absolute atomic E-state index is 13.2. The van der Waals surface area contributed by atoms with E-state index in [9.17, 15) is 27.1 Å². The van der Waals surface area contributed by atoms with Crippen molar-refractivity contribution in [3.05, 3.63) is 47.8 Å². The van der Waals surface area contributed by atoms with E-state index in [0.29, 0.717) is 37.8 Å². The number of rotatable bonds is 7. The highest BCUT2D eigenvalue weighted by Gasteiger charge is 2.34. The summed E-state index contributed by atoms with van der Waals surface area (Å²) < 4.78 is 65.8. The van der Waals surface area contributed by atoms with Crippen LogP contribution in [0.3, 0.4) is 0 Å². The van der Waals surface area contributed by atoms with E-state index in [1.807, 2.05) is 4.90 Å². The maximum atomic E-state index is 13.2. The molecule has 31 heavy (non-hydrogen) atoms. The van der Waals surface area contributed by atoms with Gasteiger partial charge in [0.25, 0.3) is 5.92 Å². The number of piperazine rings is 1. The number of aliphatic hydroxyl groups is 1. The first-order valence-electron chi connectivity index (χ1n) is 9.78. The zero-order valence-corrected chi connectivity index (χ0v) is 16.9. The van der Waals surface area contributed by atoms with Gasteiger partial charge in [-0.25, -0.2) is 18.7 Å². The predicted octanol–water partition coefficient (Wildman–Crippen LogP) is 3.42. The molecule has 0 spiro atoms. The van der Waals surface area contributed by atoms with Gasteiger partial charge in [0.1, 0.15) is 18.0 Å². The van der Waals surface area contributed by atoms with Crippen LogP contribution in [0.15, 0.2) is 36.7 Å². The molecule has 2 N–H and O–H groups in total. The Bertz CT molecular complexity index is 866.